The van der Waals surface area contributed by atoms with E-state index in [9.17, 15) is 8.42 Å². The van der Waals surface area contributed by atoms with Crippen molar-refractivity contribution in [2.75, 3.05) is 0 Å². The molecule has 1 aliphatic rings. The molecule has 0 saturated heterocycles. The summed E-state index contributed by atoms with van der Waals surface area (Å²) >= 11 is 0. The second-order valence-electron chi connectivity index (χ2n) is 2.70. The van der Waals surface area contributed by atoms with Gasteiger partial charge in [-0.3, -0.25) is 0 Å². The van der Waals surface area contributed by atoms with Gasteiger partial charge >= 0.3 is 0 Å². The monoisotopic (exact) mass is 228 g/mol. The zero-order valence-electron chi connectivity index (χ0n) is 7.12. The lowest BCUT2D eigenvalue weighted by Crippen LogP contribution is -2.13. The first-order valence-electron chi connectivity index (χ1n) is 3.83. The normalized spacial score (nSPS) is 19.9. The quantitative estimate of drug-likeness (QED) is 0.550. The minimum atomic E-state index is -3.63. The first kappa shape index (κ1) is 9.57. The highest BCUT2D eigenvalue weighted by atomic mass is 33.2. The standard InChI is InChI=1S/C8H8N2O2S2/c9-14(11,12)13-8-4-2-1-3-7(8)5-6-10-13/h1-6H,(H2,9,11,12). The van der Waals surface area contributed by atoms with Gasteiger partial charge in [-0.15, -0.1) is 0 Å². The molecule has 2 N–H and O–H groups in total. The molecule has 0 amide bonds. The fourth-order valence-corrected chi connectivity index (χ4v) is 4.09. The number of fused-ring (bicyclic) bond motifs is 1. The summed E-state index contributed by atoms with van der Waals surface area (Å²) in [6.07, 6.45) is 3.25. The molecule has 6 heteroatoms. The van der Waals surface area contributed by atoms with Gasteiger partial charge in [0.2, 0.25) is 0 Å². The van der Waals surface area contributed by atoms with E-state index in [0.717, 1.165) is 5.22 Å². The van der Waals surface area contributed by atoms with E-state index >= 15 is 0 Å². The summed E-state index contributed by atoms with van der Waals surface area (Å²) < 4.78 is 27.0. The van der Waals surface area contributed by atoms with E-state index in [-0.39, 0.29) is 0 Å². The molecule has 0 fully saturated rings. The Morgan fingerprint density at radius 2 is 2.00 bits per heavy atom. The van der Waals surface area contributed by atoms with E-state index in [0.29, 0.717) is 4.51 Å². The molecule has 0 radical (unpaired) electrons. The number of nitrogens with zero attached hydrogens (tertiary/aromatic N) is 1. The van der Waals surface area contributed by atoms with Crippen LogP contribution in [-0.2, 0) is 9.06 Å². The van der Waals surface area contributed by atoms with Crippen molar-refractivity contribution in [3.8, 4) is 0 Å². The van der Waals surface area contributed by atoms with Crippen LogP contribution in [0.15, 0.2) is 28.7 Å². The molecule has 74 valence electrons. The molecule has 1 atom stereocenters. The van der Waals surface area contributed by atoms with Gasteiger partial charge in [-0.2, -0.15) is 8.42 Å². The third-order valence-corrected chi connectivity index (χ3v) is 5.36. The average molecular weight is 228 g/mol. The van der Waals surface area contributed by atoms with Gasteiger partial charge in [0, 0.05) is 10.7 Å². The van der Waals surface area contributed by atoms with Crippen LogP contribution >= 0.6 is 9.70 Å². The molecule has 1 aromatic rings. The lowest BCUT2D eigenvalue weighted by molar-refractivity contribution is 0.612. The summed E-state index contributed by atoms with van der Waals surface area (Å²) in [5.74, 6) is 0. The third-order valence-electron chi connectivity index (χ3n) is 1.74. The largest absolute Gasteiger partial charge is 0.276 e. The highest BCUT2D eigenvalue weighted by molar-refractivity contribution is 8.75. The zero-order valence-corrected chi connectivity index (χ0v) is 8.75. The molecule has 1 heterocycles. The molecular weight excluding hydrogens is 220 g/mol. The Balaban J connectivity index is 2.99. The molecule has 0 saturated carbocycles. The van der Waals surface area contributed by atoms with Gasteiger partial charge in [0.25, 0.3) is 9.06 Å². The van der Waals surface area contributed by atoms with E-state index in [1.807, 2.05) is 12.1 Å². The summed E-state index contributed by atoms with van der Waals surface area (Å²) in [5, 5.41) is 5.94. The molecule has 1 aliphatic heterocycles. The second-order valence-corrected chi connectivity index (χ2v) is 7.18. The van der Waals surface area contributed by atoms with Gasteiger partial charge in [-0.05, 0) is 17.4 Å². The summed E-state index contributed by atoms with van der Waals surface area (Å²) in [6.45, 7) is 0. The Kier molecular flexibility index (Phi) is 2.26. The Hall–Kier alpha value is -0.980. The van der Waals surface area contributed by atoms with Gasteiger partial charge in [-0.1, -0.05) is 18.2 Å². The predicted octanol–water partition coefficient (Wildman–Crippen LogP) is 0.190. The number of hydrogen-bond donors (Lipinski definition) is 1. The summed E-state index contributed by atoms with van der Waals surface area (Å²) in [6, 6.07) is 7.19. The highest BCUT2D eigenvalue weighted by Gasteiger charge is 2.11. The lowest BCUT2D eigenvalue weighted by atomic mass is 10.3. The summed E-state index contributed by atoms with van der Waals surface area (Å²) in [4.78, 5) is 0. The van der Waals surface area contributed by atoms with Crippen LogP contribution in [0.3, 0.4) is 0 Å². The SMILES string of the molecule is NS(=O)(=O)S1=c2ccccc2=CC=N1. The van der Waals surface area contributed by atoms with Crippen molar-refractivity contribution in [3.63, 3.8) is 0 Å². The minimum Gasteiger partial charge on any atom is -0.219 e. The fourth-order valence-electron chi connectivity index (χ4n) is 1.19. The zero-order chi connectivity index (χ0) is 10.2. The van der Waals surface area contributed by atoms with Crippen molar-refractivity contribution >= 4 is 31.0 Å². The van der Waals surface area contributed by atoms with Crippen LogP contribution in [0, 0.1) is 4.51 Å². The maximum Gasteiger partial charge on any atom is 0.276 e. The van der Waals surface area contributed by atoms with Crippen LogP contribution in [0.1, 0.15) is 0 Å². The van der Waals surface area contributed by atoms with E-state index in [2.05, 4.69) is 4.40 Å². The Morgan fingerprint density at radius 1 is 1.29 bits per heavy atom. The maximum absolute atomic E-state index is 11.2. The van der Waals surface area contributed by atoms with Crippen molar-refractivity contribution in [2.45, 2.75) is 0 Å². The number of benzene rings is 1. The molecule has 0 aromatic heterocycles. The predicted molar refractivity (Wildman–Crippen MR) is 58.6 cm³/mol. The number of rotatable bonds is 1. The molecule has 0 aliphatic carbocycles. The van der Waals surface area contributed by atoms with Crippen molar-refractivity contribution in [2.24, 2.45) is 9.54 Å². The van der Waals surface area contributed by atoms with Crippen LogP contribution in [-0.4, -0.2) is 14.6 Å². The van der Waals surface area contributed by atoms with E-state index in [4.69, 9.17) is 5.14 Å². The van der Waals surface area contributed by atoms with Crippen LogP contribution < -0.4 is 10.4 Å². The van der Waals surface area contributed by atoms with E-state index in [1.54, 1.807) is 18.2 Å². The van der Waals surface area contributed by atoms with Gasteiger partial charge in [0.15, 0.2) is 0 Å². The Bertz CT molecular complexity index is 617. The van der Waals surface area contributed by atoms with E-state index < -0.39 is 18.8 Å². The average Bonchev–Trinajstić information content (AvgIpc) is 2.15. The second kappa shape index (κ2) is 3.30. The van der Waals surface area contributed by atoms with Gasteiger partial charge in [0.05, 0.1) is 9.70 Å². The lowest BCUT2D eigenvalue weighted by Gasteiger charge is -2.03. The molecular formula is C8H8N2O2S2. The minimum absolute atomic E-state index is 0.664. The van der Waals surface area contributed by atoms with Crippen LogP contribution in [0.4, 0.5) is 0 Å². The fraction of sp³-hybridized carbons (Fsp3) is 0. The smallest absolute Gasteiger partial charge is 0.219 e. The summed E-state index contributed by atoms with van der Waals surface area (Å²) in [5.41, 5.74) is 0. The van der Waals surface area contributed by atoms with Crippen LogP contribution in [0.5, 0.6) is 0 Å². The highest BCUT2D eigenvalue weighted by Crippen LogP contribution is 2.24. The molecule has 1 unspecified atom stereocenters. The first-order valence-corrected chi connectivity index (χ1v) is 7.07. The molecule has 0 spiro atoms. The van der Waals surface area contributed by atoms with Crippen molar-refractivity contribution in [1.82, 2.24) is 0 Å². The molecule has 2 rings (SSSR count). The molecule has 0 bridgehead atoms. The van der Waals surface area contributed by atoms with Crippen LogP contribution in [0.25, 0.3) is 6.08 Å². The van der Waals surface area contributed by atoms with Crippen molar-refractivity contribution in [3.05, 3.63) is 34.0 Å². The number of nitrogens with two attached hydrogens (primary N) is 1. The van der Waals surface area contributed by atoms with Crippen molar-refractivity contribution in [1.29, 1.82) is 0 Å². The van der Waals surface area contributed by atoms with Gasteiger partial charge < -0.3 is 0 Å². The molecule has 4 nitrogen and oxygen atoms in total. The first-order chi connectivity index (χ1) is 6.59. The topological polar surface area (TPSA) is 72.5 Å². The van der Waals surface area contributed by atoms with E-state index in [1.165, 1.54) is 6.21 Å². The molecule has 1 aromatic carbocycles. The maximum atomic E-state index is 11.2. The van der Waals surface area contributed by atoms with Gasteiger partial charge in [-0.25, -0.2) is 9.54 Å². The van der Waals surface area contributed by atoms with Crippen molar-refractivity contribution < 1.29 is 8.42 Å². The third kappa shape index (κ3) is 1.63. The van der Waals surface area contributed by atoms with Gasteiger partial charge in [0.1, 0.15) is 0 Å². The molecule has 14 heavy (non-hydrogen) atoms. The number of hydrogen-bond acceptors (Lipinski definition) is 3. The van der Waals surface area contributed by atoms with Crippen LogP contribution in [0.2, 0.25) is 0 Å². The summed E-state index contributed by atoms with van der Waals surface area (Å²) in [7, 11) is -4.88. The Morgan fingerprint density at radius 3 is 2.71 bits per heavy atom. The Labute approximate surface area is 83.3 Å².